The molecule has 1 heterocycles. The molecular formula is C12H13F2N3. The monoisotopic (exact) mass is 237 g/mol. The molecular weight excluding hydrogens is 224 g/mol. The van der Waals surface area contributed by atoms with E-state index < -0.39 is 11.6 Å². The van der Waals surface area contributed by atoms with E-state index in [2.05, 4.69) is 4.90 Å². The molecule has 5 heteroatoms. The fourth-order valence-corrected chi connectivity index (χ4v) is 1.99. The molecule has 2 rings (SSSR count). The lowest BCUT2D eigenvalue weighted by Gasteiger charge is -2.34. The van der Waals surface area contributed by atoms with E-state index in [4.69, 9.17) is 5.26 Å². The summed E-state index contributed by atoms with van der Waals surface area (Å²) < 4.78 is 27.2. The summed E-state index contributed by atoms with van der Waals surface area (Å²) in [5.41, 5.74) is -0.102. The summed E-state index contributed by atoms with van der Waals surface area (Å²) in [6.07, 6.45) is 0. The zero-order valence-electron chi connectivity index (χ0n) is 9.58. The quantitative estimate of drug-likeness (QED) is 0.743. The van der Waals surface area contributed by atoms with Crippen molar-refractivity contribution in [2.75, 3.05) is 38.1 Å². The Balaban J connectivity index is 2.38. The molecule has 0 bridgehead atoms. The molecule has 0 unspecified atom stereocenters. The third-order valence-corrected chi connectivity index (χ3v) is 3.01. The first-order valence-corrected chi connectivity index (χ1v) is 5.45. The number of hydrogen-bond donors (Lipinski definition) is 0. The Morgan fingerprint density at radius 1 is 1.12 bits per heavy atom. The van der Waals surface area contributed by atoms with Crippen molar-refractivity contribution >= 4 is 5.69 Å². The summed E-state index contributed by atoms with van der Waals surface area (Å²) in [5.74, 6) is -1.20. The van der Waals surface area contributed by atoms with Gasteiger partial charge in [-0.3, -0.25) is 0 Å². The van der Waals surface area contributed by atoms with E-state index in [0.717, 1.165) is 25.2 Å². The number of halogens is 2. The molecule has 0 radical (unpaired) electrons. The van der Waals surface area contributed by atoms with E-state index in [1.54, 1.807) is 11.0 Å². The lowest BCUT2D eigenvalue weighted by molar-refractivity contribution is 0.311. The van der Waals surface area contributed by atoms with Gasteiger partial charge in [0, 0.05) is 26.2 Å². The second-order valence-electron chi connectivity index (χ2n) is 4.15. The lowest BCUT2D eigenvalue weighted by Crippen LogP contribution is -2.45. The van der Waals surface area contributed by atoms with Crippen LogP contribution in [-0.2, 0) is 0 Å². The Bertz CT molecular complexity index is 460. The highest BCUT2D eigenvalue weighted by atomic mass is 19.1. The molecule has 0 N–H and O–H groups in total. The maximum atomic E-state index is 13.7. The molecule has 0 spiro atoms. The Kier molecular flexibility index (Phi) is 3.25. The van der Waals surface area contributed by atoms with Gasteiger partial charge in [-0.1, -0.05) is 0 Å². The van der Waals surface area contributed by atoms with Crippen LogP contribution in [0.5, 0.6) is 0 Å². The van der Waals surface area contributed by atoms with Crippen LogP contribution in [0.2, 0.25) is 0 Å². The van der Waals surface area contributed by atoms with E-state index >= 15 is 0 Å². The second-order valence-corrected chi connectivity index (χ2v) is 4.15. The normalized spacial score (nSPS) is 16.9. The first kappa shape index (κ1) is 11.8. The fourth-order valence-electron chi connectivity index (χ4n) is 1.99. The molecule has 1 aromatic rings. The van der Waals surface area contributed by atoms with Gasteiger partial charge < -0.3 is 9.80 Å². The van der Waals surface area contributed by atoms with Crippen molar-refractivity contribution in [2.24, 2.45) is 0 Å². The van der Waals surface area contributed by atoms with Crippen LogP contribution in [0.3, 0.4) is 0 Å². The largest absolute Gasteiger partial charge is 0.365 e. The molecule has 90 valence electrons. The van der Waals surface area contributed by atoms with Gasteiger partial charge in [-0.25, -0.2) is 8.78 Å². The summed E-state index contributed by atoms with van der Waals surface area (Å²) in [7, 11) is 1.98. The molecule has 17 heavy (non-hydrogen) atoms. The Hall–Kier alpha value is -1.67. The molecule has 3 nitrogen and oxygen atoms in total. The van der Waals surface area contributed by atoms with Crippen LogP contribution >= 0.6 is 0 Å². The number of anilines is 1. The average molecular weight is 237 g/mol. The molecule has 0 aliphatic carbocycles. The maximum Gasteiger partial charge on any atom is 0.148 e. The average Bonchev–Trinajstić information content (AvgIpc) is 2.33. The first-order chi connectivity index (χ1) is 8.13. The number of nitriles is 1. The molecule has 1 fully saturated rings. The summed E-state index contributed by atoms with van der Waals surface area (Å²) >= 11 is 0. The van der Waals surface area contributed by atoms with Crippen molar-refractivity contribution in [2.45, 2.75) is 0 Å². The minimum absolute atomic E-state index is 0.0978. The Morgan fingerprint density at radius 2 is 1.71 bits per heavy atom. The summed E-state index contributed by atoms with van der Waals surface area (Å²) in [4.78, 5) is 3.84. The Labute approximate surface area is 98.9 Å². The van der Waals surface area contributed by atoms with Crippen molar-refractivity contribution in [3.8, 4) is 6.07 Å². The number of rotatable bonds is 1. The molecule has 0 atom stereocenters. The first-order valence-electron chi connectivity index (χ1n) is 5.45. The van der Waals surface area contributed by atoms with E-state index in [0.29, 0.717) is 13.1 Å². The van der Waals surface area contributed by atoms with Crippen LogP contribution in [-0.4, -0.2) is 38.1 Å². The minimum Gasteiger partial charge on any atom is -0.365 e. The predicted octanol–water partition coefficient (Wildman–Crippen LogP) is 1.59. The maximum absolute atomic E-state index is 13.7. The molecule has 0 saturated carbocycles. The third kappa shape index (κ3) is 2.22. The summed E-state index contributed by atoms with van der Waals surface area (Å²) in [6.45, 7) is 2.76. The SMILES string of the molecule is CN1CCN(c2c(F)ccc(F)c2C#N)CC1. The molecule has 0 aromatic heterocycles. The van der Waals surface area contributed by atoms with Gasteiger partial charge in [0.1, 0.15) is 23.3 Å². The zero-order chi connectivity index (χ0) is 12.4. The van der Waals surface area contributed by atoms with Gasteiger partial charge in [-0.05, 0) is 19.2 Å². The predicted molar refractivity (Wildman–Crippen MR) is 60.8 cm³/mol. The van der Waals surface area contributed by atoms with E-state index in [1.165, 1.54) is 0 Å². The van der Waals surface area contributed by atoms with Gasteiger partial charge in [0.15, 0.2) is 0 Å². The highest BCUT2D eigenvalue weighted by Crippen LogP contribution is 2.27. The highest BCUT2D eigenvalue weighted by molar-refractivity contribution is 5.61. The highest BCUT2D eigenvalue weighted by Gasteiger charge is 2.22. The van der Waals surface area contributed by atoms with E-state index in [9.17, 15) is 8.78 Å². The van der Waals surface area contributed by atoms with Gasteiger partial charge in [-0.15, -0.1) is 0 Å². The lowest BCUT2D eigenvalue weighted by atomic mass is 10.1. The molecule has 1 saturated heterocycles. The van der Waals surface area contributed by atoms with Crippen LogP contribution < -0.4 is 4.90 Å². The number of likely N-dealkylation sites (N-methyl/N-ethyl adjacent to an activating group) is 1. The summed E-state index contributed by atoms with van der Waals surface area (Å²) in [6, 6.07) is 3.81. The van der Waals surface area contributed by atoms with Gasteiger partial charge in [-0.2, -0.15) is 5.26 Å². The Morgan fingerprint density at radius 3 is 2.29 bits per heavy atom. The minimum atomic E-state index is -0.664. The topological polar surface area (TPSA) is 30.3 Å². The van der Waals surface area contributed by atoms with Crippen LogP contribution in [0, 0.1) is 23.0 Å². The number of piperazine rings is 1. The van der Waals surface area contributed by atoms with Crippen LogP contribution in [0.1, 0.15) is 5.56 Å². The smallest absolute Gasteiger partial charge is 0.148 e. The van der Waals surface area contributed by atoms with Gasteiger partial charge >= 0.3 is 0 Å². The number of hydrogen-bond acceptors (Lipinski definition) is 3. The number of nitrogens with zero attached hydrogens (tertiary/aromatic N) is 3. The number of benzene rings is 1. The standard InChI is InChI=1S/C12H13F2N3/c1-16-4-6-17(7-5-16)12-9(8-15)10(13)2-3-11(12)14/h2-3H,4-7H2,1H3. The molecule has 0 amide bonds. The molecule has 1 aromatic carbocycles. The van der Waals surface area contributed by atoms with Crippen LogP contribution in [0.15, 0.2) is 12.1 Å². The van der Waals surface area contributed by atoms with Crippen LogP contribution in [0.4, 0.5) is 14.5 Å². The van der Waals surface area contributed by atoms with Crippen molar-refractivity contribution in [3.63, 3.8) is 0 Å². The molecule has 1 aliphatic heterocycles. The second kappa shape index (κ2) is 4.68. The van der Waals surface area contributed by atoms with Crippen LogP contribution in [0.25, 0.3) is 0 Å². The molecule has 1 aliphatic rings. The van der Waals surface area contributed by atoms with E-state index in [1.807, 2.05) is 7.05 Å². The third-order valence-electron chi connectivity index (χ3n) is 3.01. The van der Waals surface area contributed by atoms with E-state index in [-0.39, 0.29) is 11.3 Å². The van der Waals surface area contributed by atoms with Crippen molar-refractivity contribution < 1.29 is 8.78 Å². The van der Waals surface area contributed by atoms with Crippen molar-refractivity contribution in [1.29, 1.82) is 5.26 Å². The fraction of sp³-hybridized carbons (Fsp3) is 0.417. The van der Waals surface area contributed by atoms with Crippen molar-refractivity contribution in [1.82, 2.24) is 4.90 Å². The van der Waals surface area contributed by atoms with Crippen molar-refractivity contribution in [3.05, 3.63) is 29.3 Å². The van der Waals surface area contributed by atoms with Gasteiger partial charge in [0.05, 0.1) is 5.69 Å². The zero-order valence-corrected chi connectivity index (χ0v) is 9.58. The van der Waals surface area contributed by atoms with Gasteiger partial charge in [0.2, 0.25) is 0 Å². The summed E-state index contributed by atoms with van der Waals surface area (Å²) in [5, 5.41) is 8.91. The van der Waals surface area contributed by atoms with Gasteiger partial charge in [0.25, 0.3) is 0 Å².